The highest BCUT2D eigenvalue weighted by Crippen LogP contribution is 2.41. The highest BCUT2D eigenvalue weighted by Gasteiger charge is 2.22. The van der Waals surface area contributed by atoms with Crippen LogP contribution in [0.1, 0.15) is 25.3 Å². The number of nitrogens with zero attached hydrogens (tertiary/aromatic N) is 1. The molecule has 0 spiro atoms. The Morgan fingerprint density at radius 3 is 2.56 bits per heavy atom. The third kappa shape index (κ3) is 1.94. The highest BCUT2D eigenvalue weighted by atomic mass is 32.1. The molecule has 16 heavy (non-hydrogen) atoms. The standard InChI is InChI=1S/C12H16NOPS/c1-8(2)9-5-6-10-11(13-7-16-10)12(9)15(3,4)14/h5-8H,1-4H3. The average Bonchev–Trinajstić information content (AvgIpc) is 2.61. The number of hydrogen-bond donors (Lipinski definition) is 0. The van der Waals surface area contributed by atoms with E-state index >= 15 is 0 Å². The molecule has 0 saturated carbocycles. The number of hydrogen-bond acceptors (Lipinski definition) is 3. The van der Waals surface area contributed by atoms with Crippen LogP contribution < -0.4 is 5.30 Å². The molecule has 1 aromatic carbocycles. The zero-order chi connectivity index (χ0) is 11.9. The van der Waals surface area contributed by atoms with Crippen LogP contribution in [0.5, 0.6) is 0 Å². The summed E-state index contributed by atoms with van der Waals surface area (Å²) in [5.74, 6) is 0.384. The van der Waals surface area contributed by atoms with Crippen molar-refractivity contribution in [3.63, 3.8) is 0 Å². The average molecular weight is 253 g/mol. The minimum Gasteiger partial charge on any atom is -0.319 e. The van der Waals surface area contributed by atoms with E-state index in [1.54, 1.807) is 11.3 Å². The molecule has 0 radical (unpaired) electrons. The maximum atomic E-state index is 12.4. The van der Waals surface area contributed by atoms with Gasteiger partial charge in [-0.1, -0.05) is 19.9 Å². The first-order valence-corrected chi connectivity index (χ1v) is 8.81. The number of aromatic nitrogens is 1. The van der Waals surface area contributed by atoms with Crippen LogP contribution >= 0.6 is 18.5 Å². The van der Waals surface area contributed by atoms with Gasteiger partial charge in [0.1, 0.15) is 7.14 Å². The summed E-state index contributed by atoms with van der Waals surface area (Å²) in [5.41, 5.74) is 3.93. The molecule has 0 unspecified atom stereocenters. The summed E-state index contributed by atoms with van der Waals surface area (Å²) in [6, 6.07) is 4.18. The molecule has 2 nitrogen and oxygen atoms in total. The second kappa shape index (κ2) is 3.97. The summed E-state index contributed by atoms with van der Waals surface area (Å²) >= 11 is 1.61. The third-order valence-electron chi connectivity index (χ3n) is 2.67. The monoisotopic (exact) mass is 253 g/mol. The van der Waals surface area contributed by atoms with Crippen LogP contribution in [0, 0.1) is 0 Å². The zero-order valence-corrected chi connectivity index (χ0v) is 11.7. The minimum absolute atomic E-state index is 0.384. The van der Waals surface area contributed by atoms with E-state index in [1.807, 2.05) is 18.8 Å². The molecule has 4 heteroatoms. The van der Waals surface area contributed by atoms with Gasteiger partial charge in [-0.05, 0) is 30.9 Å². The lowest BCUT2D eigenvalue weighted by Gasteiger charge is -2.16. The topological polar surface area (TPSA) is 30.0 Å². The lowest BCUT2D eigenvalue weighted by atomic mass is 10.0. The van der Waals surface area contributed by atoms with Gasteiger partial charge in [0.25, 0.3) is 0 Å². The Bertz CT molecular complexity index is 567. The third-order valence-corrected chi connectivity index (χ3v) is 5.01. The van der Waals surface area contributed by atoms with Crippen LogP contribution in [-0.2, 0) is 4.57 Å². The van der Waals surface area contributed by atoms with Crippen molar-refractivity contribution in [1.82, 2.24) is 4.98 Å². The number of benzene rings is 1. The van der Waals surface area contributed by atoms with Gasteiger partial charge in [-0.25, -0.2) is 4.98 Å². The SMILES string of the molecule is CC(C)c1ccc2scnc2c1P(C)(C)=O. The molecule has 0 bridgehead atoms. The van der Waals surface area contributed by atoms with Gasteiger partial charge in [0.2, 0.25) is 0 Å². The van der Waals surface area contributed by atoms with Gasteiger partial charge in [0.15, 0.2) is 0 Å². The Morgan fingerprint density at radius 2 is 2.00 bits per heavy atom. The Morgan fingerprint density at radius 1 is 1.31 bits per heavy atom. The lowest BCUT2D eigenvalue weighted by molar-refractivity contribution is 0.588. The van der Waals surface area contributed by atoms with E-state index < -0.39 is 7.14 Å². The number of rotatable bonds is 2. The van der Waals surface area contributed by atoms with E-state index in [0.717, 1.165) is 15.5 Å². The summed E-state index contributed by atoms with van der Waals surface area (Å²) in [6.07, 6.45) is 0. The summed E-state index contributed by atoms with van der Waals surface area (Å²) < 4.78 is 13.5. The lowest BCUT2D eigenvalue weighted by Crippen LogP contribution is -2.13. The van der Waals surface area contributed by atoms with E-state index in [9.17, 15) is 4.57 Å². The molecular weight excluding hydrogens is 237 g/mol. The molecule has 0 aliphatic rings. The largest absolute Gasteiger partial charge is 0.319 e. The summed E-state index contributed by atoms with van der Waals surface area (Å²) in [6.45, 7) is 7.92. The molecule has 2 rings (SSSR count). The van der Waals surface area contributed by atoms with Crippen LogP contribution in [-0.4, -0.2) is 18.3 Å². The van der Waals surface area contributed by atoms with Crippen LogP contribution in [0.3, 0.4) is 0 Å². The van der Waals surface area contributed by atoms with Crippen LogP contribution in [0.2, 0.25) is 0 Å². The van der Waals surface area contributed by atoms with Crippen molar-refractivity contribution in [2.24, 2.45) is 0 Å². The Hall–Kier alpha value is -0.660. The first-order valence-electron chi connectivity index (χ1n) is 5.33. The van der Waals surface area contributed by atoms with Crippen molar-refractivity contribution >= 4 is 34.0 Å². The van der Waals surface area contributed by atoms with Crippen LogP contribution in [0.25, 0.3) is 10.2 Å². The maximum Gasteiger partial charge on any atom is 0.112 e. The van der Waals surface area contributed by atoms with Crippen molar-refractivity contribution in [3.8, 4) is 0 Å². The summed E-state index contributed by atoms with van der Waals surface area (Å²) in [5, 5.41) is 0.973. The molecule has 1 heterocycles. The molecule has 0 aliphatic heterocycles. The Labute approximate surface area is 100 Å². The number of thiazole rings is 1. The molecule has 0 amide bonds. The first kappa shape index (κ1) is 11.8. The molecule has 0 aliphatic carbocycles. The fraction of sp³-hybridized carbons (Fsp3) is 0.417. The molecule has 1 aromatic heterocycles. The molecule has 0 atom stereocenters. The van der Waals surface area contributed by atoms with Crippen molar-refractivity contribution in [3.05, 3.63) is 23.2 Å². The van der Waals surface area contributed by atoms with E-state index in [0.29, 0.717) is 5.92 Å². The van der Waals surface area contributed by atoms with Crippen molar-refractivity contribution < 1.29 is 4.57 Å². The molecule has 0 N–H and O–H groups in total. The first-order chi connectivity index (χ1) is 7.41. The van der Waals surface area contributed by atoms with Gasteiger partial charge in [0.05, 0.1) is 15.7 Å². The van der Waals surface area contributed by atoms with Crippen molar-refractivity contribution in [2.75, 3.05) is 13.3 Å². The van der Waals surface area contributed by atoms with Gasteiger partial charge >= 0.3 is 0 Å². The highest BCUT2D eigenvalue weighted by molar-refractivity contribution is 7.70. The Balaban J connectivity index is 2.87. The van der Waals surface area contributed by atoms with Crippen LogP contribution in [0.15, 0.2) is 17.6 Å². The molecule has 86 valence electrons. The molecule has 2 aromatic rings. The molecule has 0 saturated heterocycles. The smallest absolute Gasteiger partial charge is 0.112 e. The van der Waals surface area contributed by atoms with Crippen LogP contribution in [0.4, 0.5) is 0 Å². The zero-order valence-electron chi connectivity index (χ0n) is 10.0. The second-order valence-corrected chi connectivity index (χ2v) is 8.74. The van der Waals surface area contributed by atoms with Gasteiger partial charge in [-0.15, -0.1) is 11.3 Å². The minimum atomic E-state index is -2.28. The van der Waals surface area contributed by atoms with Crippen molar-refractivity contribution in [2.45, 2.75) is 19.8 Å². The van der Waals surface area contributed by atoms with Gasteiger partial charge in [-0.3, -0.25) is 0 Å². The van der Waals surface area contributed by atoms with Crippen molar-refractivity contribution in [1.29, 1.82) is 0 Å². The summed E-state index contributed by atoms with van der Waals surface area (Å²) in [4.78, 5) is 4.37. The maximum absolute atomic E-state index is 12.4. The fourth-order valence-electron chi connectivity index (χ4n) is 1.96. The van der Waals surface area contributed by atoms with E-state index in [2.05, 4.69) is 31.0 Å². The van der Waals surface area contributed by atoms with E-state index in [1.165, 1.54) is 5.56 Å². The fourth-order valence-corrected chi connectivity index (χ4v) is 4.37. The number of fused-ring (bicyclic) bond motifs is 1. The molecule has 0 fully saturated rings. The van der Waals surface area contributed by atoms with E-state index in [-0.39, 0.29) is 0 Å². The van der Waals surface area contributed by atoms with Gasteiger partial charge < -0.3 is 4.57 Å². The van der Waals surface area contributed by atoms with Gasteiger partial charge in [0, 0.05) is 5.30 Å². The normalized spacial score (nSPS) is 12.6. The predicted molar refractivity (Wildman–Crippen MR) is 72.8 cm³/mol. The van der Waals surface area contributed by atoms with Gasteiger partial charge in [-0.2, -0.15) is 0 Å². The predicted octanol–water partition coefficient (Wildman–Crippen LogP) is 3.67. The Kier molecular flexibility index (Phi) is 2.93. The second-order valence-electron chi connectivity index (χ2n) is 4.71. The molecular formula is C12H16NOPS. The van der Waals surface area contributed by atoms with E-state index in [4.69, 9.17) is 0 Å². The quantitative estimate of drug-likeness (QED) is 0.764. The summed E-state index contributed by atoms with van der Waals surface area (Å²) in [7, 11) is -2.28.